The van der Waals surface area contributed by atoms with E-state index < -0.39 is 9.84 Å². The van der Waals surface area contributed by atoms with Crippen LogP contribution in [0.25, 0.3) is 0 Å². The van der Waals surface area contributed by atoms with Gasteiger partial charge in [-0.25, -0.2) is 8.42 Å². The highest BCUT2D eigenvalue weighted by Crippen LogP contribution is 2.23. The lowest BCUT2D eigenvalue weighted by atomic mass is 9.91. The Bertz CT molecular complexity index is 342. The third-order valence-electron chi connectivity index (χ3n) is 3.96. The van der Waals surface area contributed by atoms with Gasteiger partial charge < -0.3 is 5.32 Å². The topological polar surface area (TPSA) is 49.4 Å². The predicted octanol–water partition coefficient (Wildman–Crippen LogP) is 0.884. The Morgan fingerprint density at radius 1 is 1.41 bits per heavy atom. The van der Waals surface area contributed by atoms with Crippen LogP contribution in [0, 0.1) is 0 Å². The highest BCUT2D eigenvalue weighted by molar-refractivity contribution is 7.90. The van der Waals surface area contributed by atoms with Crippen molar-refractivity contribution in [2.75, 3.05) is 31.6 Å². The smallest absolute Gasteiger partial charge is 0.148 e. The summed E-state index contributed by atoms with van der Waals surface area (Å²) in [7, 11) is -2.87. The molecule has 5 heteroatoms. The number of rotatable bonds is 5. The molecule has 0 bridgehead atoms. The van der Waals surface area contributed by atoms with E-state index in [1.165, 1.54) is 6.26 Å². The maximum Gasteiger partial charge on any atom is 0.148 e. The summed E-state index contributed by atoms with van der Waals surface area (Å²) in [6.07, 6.45) is 3.45. The molecule has 0 aromatic carbocycles. The maximum atomic E-state index is 11.3. The molecule has 1 aliphatic rings. The Labute approximate surface area is 106 Å². The van der Waals surface area contributed by atoms with Crippen LogP contribution in [0.2, 0.25) is 0 Å². The average Bonchev–Trinajstić information content (AvgIpc) is 2.27. The molecule has 17 heavy (non-hydrogen) atoms. The van der Waals surface area contributed by atoms with Gasteiger partial charge >= 0.3 is 0 Å². The Morgan fingerprint density at radius 2 is 2.06 bits per heavy atom. The molecule has 4 nitrogen and oxygen atoms in total. The van der Waals surface area contributed by atoms with E-state index >= 15 is 0 Å². The fraction of sp³-hybridized carbons (Fsp3) is 1.00. The summed E-state index contributed by atoms with van der Waals surface area (Å²) in [5.74, 6) is 0.263. The number of hydrogen-bond donors (Lipinski definition) is 1. The molecule has 0 aliphatic carbocycles. The van der Waals surface area contributed by atoms with Crippen molar-refractivity contribution in [1.29, 1.82) is 0 Å². The Balaban J connectivity index is 2.68. The van der Waals surface area contributed by atoms with Crippen molar-refractivity contribution in [3.05, 3.63) is 0 Å². The monoisotopic (exact) mass is 262 g/mol. The molecular formula is C12H26N2O2S. The van der Waals surface area contributed by atoms with Gasteiger partial charge in [-0.3, -0.25) is 4.90 Å². The second kappa shape index (κ2) is 5.67. The van der Waals surface area contributed by atoms with Crippen LogP contribution < -0.4 is 5.32 Å². The lowest BCUT2D eigenvalue weighted by Crippen LogP contribution is -2.63. The van der Waals surface area contributed by atoms with Crippen molar-refractivity contribution in [1.82, 2.24) is 10.2 Å². The van der Waals surface area contributed by atoms with Crippen LogP contribution in [0.5, 0.6) is 0 Å². The van der Waals surface area contributed by atoms with Gasteiger partial charge in [0, 0.05) is 37.5 Å². The van der Waals surface area contributed by atoms with Crippen LogP contribution in [0.1, 0.15) is 33.6 Å². The first-order valence-corrected chi connectivity index (χ1v) is 8.53. The van der Waals surface area contributed by atoms with Gasteiger partial charge in [0.05, 0.1) is 5.75 Å². The summed E-state index contributed by atoms with van der Waals surface area (Å²) in [6.45, 7) is 9.11. The van der Waals surface area contributed by atoms with E-state index in [1.54, 1.807) is 0 Å². The summed E-state index contributed by atoms with van der Waals surface area (Å²) in [5.41, 5.74) is 0.0936. The molecule has 0 radical (unpaired) electrons. The first kappa shape index (κ1) is 14.9. The molecule has 1 heterocycles. The average molecular weight is 262 g/mol. The number of piperazine rings is 1. The minimum atomic E-state index is -2.87. The van der Waals surface area contributed by atoms with E-state index in [1.807, 2.05) is 0 Å². The lowest BCUT2D eigenvalue weighted by Gasteiger charge is -2.47. The van der Waals surface area contributed by atoms with E-state index in [9.17, 15) is 8.42 Å². The van der Waals surface area contributed by atoms with E-state index in [0.29, 0.717) is 12.6 Å². The number of sulfone groups is 1. The molecular weight excluding hydrogens is 236 g/mol. The summed E-state index contributed by atoms with van der Waals surface area (Å²) in [4.78, 5) is 2.35. The Hall–Kier alpha value is -0.130. The molecule has 0 spiro atoms. The zero-order valence-corrected chi connectivity index (χ0v) is 12.3. The van der Waals surface area contributed by atoms with Crippen molar-refractivity contribution in [3.8, 4) is 0 Å². The molecule has 1 fully saturated rings. The second-order valence-corrected chi connectivity index (χ2v) is 7.67. The number of nitrogens with one attached hydrogen (secondary N) is 1. The quantitative estimate of drug-likeness (QED) is 0.799. The minimum absolute atomic E-state index is 0.0936. The number of hydrogen-bond acceptors (Lipinski definition) is 4. The summed E-state index contributed by atoms with van der Waals surface area (Å²) >= 11 is 0. The van der Waals surface area contributed by atoms with Gasteiger partial charge in [0.1, 0.15) is 9.84 Å². The highest BCUT2D eigenvalue weighted by Gasteiger charge is 2.35. The molecule has 0 aromatic heterocycles. The summed E-state index contributed by atoms with van der Waals surface area (Å²) in [5, 5.41) is 3.55. The van der Waals surface area contributed by atoms with Crippen LogP contribution in [0.4, 0.5) is 0 Å². The van der Waals surface area contributed by atoms with Gasteiger partial charge in [-0.2, -0.15) is 0 Å². The largest absolute Gasteiger partial charge is 0.311 e. The van der Waals surface area contributed by atoms with Crippen LogP contribution in [0.3, 0.4) is 0 Å². The first-order valence-electron chi connectivity index (χ1n) is 6.47. The molecule has 1 N–H and O–H groups in total. The number of nitrogens with zero attached hydrogens (tertiary/aromatic N) is 1. The third kappa shape index (κ3) is 4.23. The predicted molar refractivity (Wildman–Crippen MR) is 72.1 cm³/mol. The van der Waals surface area contributed by atoms with Crippen LogP contribution in [-0.4, -0.2) is 56.5 Å². The van der Waals surface area contributed by atoms with Crippen LogP contribution in [0.15, 0.2) is 0 Å². The van der Waals surface area contributed by atoms with Gasteiger partial charge in [-0.1, -0.05) is 13.8 Å². The fourth-order valence-electron chi connectivity index (χ4n) is 2.29. The summed E-state index contributed by atoms with van der Waals surface area (Å²) in [6, 6.07) is 0.495. The minimum Gasteiger partial charge on any atom is -0.311 e. The van der Waals surface area contributed by atoms with Gasteiger partial charge in [0.25, 0.3) is 0 Å². The van der Waals surface area contributed by atoms with E-state index in [2.05, 4.69) is 31.0 Å². The zero-order valence-electron chi connectivity index (χ0n) is 11.5. The molecule has 0 aromatic rings. The SMILES string of the molecule is CCC1CN(CCS(C)(=O)=O)C(C)(CC)CN1. The molecule has 2 unspecified atom stereocenters. The van der Waals surface area contributed by atoms with Gasteiger partial charge in [-0.15, -0.1) is 0 Å². The van der Waals surface area contributed by atoms with Gasteiger partial charge in [0.15, 0.2) is 0 Å². The molecule has 0 saturated carbocycles. The van der Waals surface area contributed by atoms with Crippen molar-refractivity contribution >= 4 is 9.84 Å². The van der Waals surface area contributed by atoms with Gasteiger partial charge in [-0.05, 0) is 19.8 Å². The molecule has 102 valence electrons. The first-order chi connectivity index (χ1) is 7.80. The van der Waals surface area contributed by atoms with Crippen molar-refractivity contribution in [2.24, 2.45) is 0 Å². The molecule has 0 amide bonds. The van der Waals surface area contributed by atoms with Gasteiger partial charge in [0.2, 0.25) is 0 Å². The third-order valence-corrected chi connectivity index (χ3v) is 4.89. The highest BCUT2D eigenvalue weighted by atomic mass is 32.2. The van der Waals surface area contributed by atoms with Crippen LogP contribution in [-0.2, 0) is 9.84 Å². The van der Waals surface area contributed by atoms with Crippen molar-refractivity contribution in [3.63, 3.8) is 0 Å². The Morgan fingerprint density at radius 3 is 2.53 bits per heavy atom. The molecule has 1 saturated heterocycles. The van der Waals surface area contributed by atoms with Crippen molar-refractivity contribution in [2.45, 2.75) is 45.2 Å². The van der Waals surface area contributed by atoms with E-state index in [4.69, 9.17) is 0 Å². The zero-order chi connectivity index (χ0) is 13.1. The maximum absolute atomic E-state index is 11.3. The van der Waals surface area contributed by atoms with E-state index in [-0.39, 0.29) is 11.3 Å². The fourth-order valence-corrected chi connectivity index (χ4v) is 2.84. The van der Waals surface area contributed by atoms with Crippen molar-refractivity contribution < 1.29 is 8.42 Å². The summed E-state index contributed by atoms with van der Waals surface area (Å²) < 4.78 is 22.6. The van der Waals surface area contributed by atoms with E-state index in [0.717, 1.165) is 25.9 Å². The normalized spacial score (nSPS) is 31.6. The second-order valence-electron chi connectivity index (χ2n) is 5.41. The Kier molecular flexibility index (Phi) is 4.98. The standard InChI is InChI=1S/C12H26N2O2S/c1-5-11-9-14(7-8-17(4,15)16)12(3,6-2)10-13-11/h11,13H,5-10H2,1-4H3. The lowest BCUT2D eigenvalue weighted by molar-refractivity contribution is 0.0541. The molecule has 2 atom stereocenters. The molecule has 1 rings (SSSR count). The molecule has 1 aliphatic heterocycles. The van der Waals surface area contributed by atoms with Crippen LogP contribution >= 0.6 is 0 Å².